The summed E-state index contributed by atoms with van der Waals surface area (Å²) in [6.45, 7) is 1.84. The lowest BCUT2D eigenvalue weighted by molar-refractivity contribution is 0.630. The second-order valence-electron chi connectivity index (χ2n) is 4.09. The van der Waals surface area contributed by atoms with Crippen molar-refractivity contribution in [2.75, 3.05) is 6.54 Å². The molecule has 2 aromatic rings. The number of aromatic nitrogens is 2. The van der Waals surface area contributed by atoms with Gasteiger partial charge in [-0.05, 0) is 30.8 Å². The van der Waals surface area contributed by atoms with Crippen LogP contribution in [-0.4, -0.2) is 16.7 Å². The maximum atomic E-state index is 5.21. The fraction of sp³-hybridized carbons (Fsp3) is 0.357. The van der Waals surface area contributed by atoms with Crippen LogP contribution in [0.5, 0.6) is 0 Å². The smallest absolute Gasteiger partial charge is 0.0794 e. The molecule has 4 heteroatoms. The molecule has 0 radical (unpaired) electrons. The van der Waals surface area contributed by atoms with Crippen LogP contribution in [-0.2, 0) is 6.54 Å². The third-order valence-corrected chi connectivity index (χ3v) is 3.61. The lowest BCUT2D eigenvalue weighted by Crippen LogP contribution is -2.14. The summed E-state index contributed by atoms with van der Waals surface area (Å²) in [7, 11) is 0. The van der Waals surface area contributed by atoms with Crippen LogP contribution in [0.1, 0.15) is 24.8 Å². The monoisotopic (exact) mass is 259 g/mol. The molecule has 0 aromatic carbocycles. The molecular formula is C14H17N3S. The second-order valence-corrected chi connectivity index (χ2v) is 5.03. The Morgan fingerprint density at radius 3 is 3.17 bits per heavy atom. The van der Waals surface area contributed by atoms with Gasteiger partial charge in [-0.15, -0.1) is 23.7 Å². The Hall–Kier alpha value is -1.57. The summed E-state index contributed by atoms with van der Waals surface area (Å²) in [6.07, 6.45) is 10.2. The van der Waals surface area contributed by atoms with Crippen LogP contribution in [0, 0.1) is 12.3 Å². The average Bonchev–Trinajstić information content (AvgIpc) is 3.03. The van der Waals surface area contributed by atoms with Gasteiger partial charge >= 0.3 is 0 Å². The van der Waals surface area contributed by atoms with E-state index in [-0.39, 0.29) is 0 Å². The van der Waals surface area contributed by atoms with Crippen molar-refractivity contribution in [3.05, 3.63) is 29.3 Å². The van der Waals surface area contributed by atoms with Gasteiger partial charge in [0, 0.05) is 18.5 Å². The number of rotatable bonds is 7. The fourth-order valence-corrected chi connectivity index (χ4v) is 2.53. The third kappa shape index (κ3) is 3.46. The van der Waals surface area contributed by atoms with Gasteiger partial charge in [-0.2, -0.15) is 5.10 Å². The highest BCUT2D eigenvalue weighted by atomic mass is 32.1. The second kappa shape index (κ2) is 7.00. The molecule has 0 spiro atoms. The zero-order chi connectivity index (χ0) is 12.6. The number of nitrogens with zero attached hydrogens (tertiary/aromatic N) is 1. The Balaban J connectivity index is 1.80. The minimum Gasteiger partial charge on any atom is -0.313 e. The van der Waals surface area contributed by atoms with E-state index >= 15 is 0 Å². The van der Waals surface area contributed by atoms with Crippen LogP contribution in [0.2, 0.25) is 0 Å². The summed E-state index contributed by atoms with van der Waals surface area (Å²) in [5, 5.41) is 12.7. The summed E-state index contributed by atoms with van der Waals surface area (Å²) in [5.74, 6) is 2.66. The summed E-state index contributed by atoms with van der Waals surface area (Å²) in [4.78, 5) is 1.23. The van der Waals surface area contributed by atoms with Gasteiger partial charge in [0.1, 0.15) is 0 Å². The molecule has 0 bridgehead atoms. The quantitative estimate of drug-likeness (QED) is 0.593. The van der Waals surface area contributed by atoms with Gasteiger partial charge in [0.15, 0.2) is 0 Å². The highest BCUT2D eigenvalue weighted by molar-refractivity contribution is 7.13. The van der Waals surface area contributed by atoms with E-state index in [1.807, 2.05) is 6.20 Å². The van der Waals surface area contributed by atoms with Gasteiger partial charge in [0.05, 0.1) is 16.8 Å². The Morgan fingerprint density at radius 2 is 2.39 bits per heavy atom. The predicted molar refractivity (Wildman–Crippen MR) is 76.3 cm³/mol. The molecule has 0 saturated carbocycles. The molecule has 0 aliphatic carbocycles. The number of hydrogen-bond acceptors (Lipinski definition) is 3. The highest BCUT2D eigenvalue weighted by Gasteiger charge is 2.07. The Labute approximate surface area is 112 Å². The van der Waals surface area contributed by atoms with Crippen molar-refractivity contribution in [1.82, 2.24) is 15.5 Å². The molecular weight excluding hydrogens is 242 g/mol. The normalized spacial score (nSPS) is 10.4. The van der Waals surface area contributed by atoms with Crippen molar-refractivity contribution >= 4 is 11.3 Å². The molecule has 0 amide bonds. The zero-order valence-corrected chi connectivity index (χ0v) is 11.1. The van der Waals surface area contributed by atoms with Gasteiger partial charge in [-0.3, -0.25) is 5.10 Å². The third-order valence-electron chi connectivity index (χ3n) is 2.73. The molecule has 3 nitrogen and oxygen atoms in total. The van der Waals surface area contributed by atoms with Crippen LogP contribution < -0.4 is 5.32 Å². The molecule has 18 heavy (non-hydrogen) atoms. The van der Waals surface area contributed by atoms with Crippen LogP contribution in [0.3, 0.4) is 0 Å². The molecule has 94 valence electrons. The van der Waals surface area contributed by atoms with Gasteiger partial charge in [-0.1, -0.05) is 6.07 Å². The molecule has 0 atom stereocenters. The van der Waals surface area contributed by atoms with Gasteiger partial charge in [0.2, 0.25) is 0 Å². The van der Waals surface area contributed by atoms with Crippen molar-refractivity contribution in [3.63, 3.8) is 0 Å². The van der Waals surface area contributed by atoms with Gasteiger partial charge in [0.25, 0.3) is 0 Å². The van der Waals surface area contributed by atoms with Gasteiger partial charge < -0.3 is 5.32 Å². The fourth-order valence-electron chi connectivity index (χ4n) is 1.78. The SMILES string of the molecule is C#CCCCCNCc1cn[nH]c1-c1cccs1. The number of nitrogens with one attached hydrogen (secondary N) is 2. The van der Waals surface area contributed by atoms with E-state index in [1.165, 1.54) is 10.4 Å². The number of thiophene rings is 1. The number of terminal acetylenes is 1. The van der Waals surface area contributed by atoms with E-state index in [1.54, 1.807) is 11.3 Å². The number of hydrogen-bond donors (Lipinski definition) is 2. The van der Waals surface area contributed by atoms with Crippen LogP contribution in [0.4, 0.5) is 0 Å². The van der Waals surface area contributed by atoms with E-state index in [2.05, 4.69) is 38.9 Å². The molecule has 0 aliphatic rings. The number of unbranched alkanes of at least 4 members (excludes halogenated alkanes) is 2. The van der Waals surface area contributed by atoms with E-state index in [0.29, 0.717) is 0 Å². The van der Waals surface area contributed by atoms with Crippen LogP contribution in [0.25, 0.3) is 10.6 Å². The van der Waals surface area contributed by atoms with Crippen molar-refractivity contribution in [3.8, 4) is 22.9 Å². The molecule has 2 rings (SSSR count). The molecule has 0 unspecified atom stereocenters. The molecule has 2 aromatic heterocycles. The summed E-state index contributed by atoms with van der Waals surface area (Å²) < 4.78 is 0. The maximum absolute atomic E-state index is 5.21. The topological polar surface area (TPSA) is 40.7 Å². The molecule has 0 saturated heterocycles. The predicted octanol–water partition coefficient (Wildman–Crippen LogP) is 3.03. The molecule has 2 N–H and O–H groups in total. The summed E-state index contributed by atoms with van der Waals surface area (Å²) >= 11 is 1.72. The summed E-state index contributed by atoms with van der Waals surface area (Å²) in [6, 6.07) is 4.16. The van der Waals surface area contributed by atoms with Crippen molar-refractivity contribution < 1.29 is 0 Å². The largest absolute Gasteiger partial charge is 0.313 e. The number of aromatic amines is 1. The van der Waals surface area contributed by atoms with Crippen LogP contribution in [0.15, 0.2) is 23.7 Å². The van der Waals surface area contributed by atoms with E-state index in [4.69, 9.17) is 6.42 Å². The first-order valence-corrected chi connectivity index (χ1v) is 7.00. The minimum absolute atomic E-state index is 0.847. The first-order chi connectivity index (χ1) is 8.92. The number of H-pyrrole nitrogens is 1. The highest BCUT2D eigenvalue weighted by Crippen LogP contribution is 2.25. The lowest BCUT2D eigenvalue weighted by atomic mass is 10.2. The Bertz CT molecular complexity index is 493. The molecule has 2 heterocycles. The van der Waals surface area contributed by atoms with Crippen LogP contribution >= 0.6 is 11.3 Å². The van der Waals surface area contributed by atoms with Crippen molar-refractivity contribution in [2.24, 2.45) is 0 Å². The molecule has 0 aliphatic heterocycles. The van der Waals surface area contributed by atoms with Crippen molar-refractivity contribution in [2.45, 2.75) is 25.8 Å². The maximum Gasteiger partial charge on any atom is 0.0794 e. The summed E-state index contributed by atoms with van der Waals surface area (Å²) in [5.41, 5.74) is 2.34. The van der Waals surface area contributed by atoms with E-state index < -0.39 is 0 Å². The van der Waals surface area contributed by atoms with E-state index in [9.17, 15) is 0 Å². The molecule has 0 fully saturated rings. The first-order valence-electron chi connectivity index (χ1n) is 6.12. The Kier molecular flexibility index (Phi) is 5.00. The van der Waals surface area contributed by atoms with Crippen molar-refractivity contribution in [1.29, 1.82) is 0 Å². The van der Waals surface area contributed by atoms with Gasteiger partial charge in [-0.25, -0.2) is 0 Å². The standard InChI is InChI=1S/C14H17N3S/c1-2-3-4-5-8-15-10-12-11-16-17-14(12)13-7-6-9-18-13/h1,6-7,9,11,15H,3-5,8,10H2,(H,16,17). The first kappa shape index (κ1) is 12.9. The minimum atomic E-state index is 0.847. The Morgan fingerprint density at radius 1 is 1.44 bits per heavy atom. The average molecular weight is 259 g/mol. The van der Waals surface area contributed by atoms with E-state index in [0.717, 1.165) is 38.0 Å². The zero-order valence-electron chi connectivity index (χ0n) is 10.3. The lowest BCUT2D eigenvalue weighted by Gasteiger charge is -2.04.